The molecule has 0 saturated carbocycles. The Kier molecular flexibility index (Phi) is 6.01. The second-order valence-corrected chi connectivity index (χ2v) is 5.92. The molecule has 1 N–H and O–H groups in total. The Bertz CT molecular complexity index is 984. The van der Waals surface area contributed by atoms with E-state index in [2.05, 4.69) is 20.8 Å². The van der Waals surface area contributed by atoms with Crippen molar-refractivity contribution in [3.8, 4) is 17.2 Å². The van der Waals surface area contributed by atoms with Gasteiger partial charge in [-0.05, 0) is 71.8 Å². The first-order chi connectivity index (χ1) is 13.6. The van der Waals surface area contributed by atoms with E-state index in [0.29, 0.717) is 23.8 Å². The van der Waals surface area contributed by atoms with Crippen LogP contribution in [0, 0.1) is 6.92 Å². The molecule has 8 heteroatoms. The van der Waals surface area contributed by atoms with E-state index >= 15 is 0 Å². The number of carbonyl (C=O) groups excluding carboxylic acids is 1. The van der Waals surface area contributed by atoms with Gasteiger partial charge in [0, 0.05) is 11.8 Å². The van der Waals surface area contributed by atoms with Crippen molar-refractivity contribution in [2.45, 2.75) is 13.8 Å². The highest BCUT2D eigenvalue weighted by atomic mass is 16.5. The maximum absolute atomic E-state index is 12.2. The number of ether oxygens (including phenoxy) is 2. The fourth-order valence-corrected chi connectivity index (χ4v) is 2.68. The monoisotopic (exact) mass is 379 g/mol. The van der Waals surface area contributed by atoms with Crippen molar-refractivity contribution in [1.29, 1.82) is 0 Å². The molecular weight excluding hydrogens is 358 g/mol. The summed E-state index contributed by atoms with van der Waals surface area (Å²) in [5.41, 5.74) is 3.30. The average Bonchev–Trinajstić information content (AvgIpc) is 3.22. The quantitative estimate of drug-likeness (QED) is 0.635. The van der Waals surface area contributed by atoms with Crippen LogP contribution < -0.4 is 14.8 Å². The summed E-state index contributed by atoms with van der Waals surface area (Å²) in [6.07, 6.45) is 4.71. The highest BCUT2D eigenvalue weighted by Gasteiger charge is 2.06. The molecule has 0 fully saturated rings. The van der Waals surface area contributed by atoms with Gasteiger partial charge in [0.2, 0.25) is 5.91 Å². The number of hydrogen-bond acceptors (Lipinski definition) is 6. The number of benzene rings is 2. The number of carbonyl (C=O) groups is 1. The molecule has 0 atom stereocenters. The molecule has 8 nitrogen and oxygen atoms in total. The number of aryl methyl sites for hydroxylation is 1. The van der Waals surface area contributed by atoms with Crippen LogP contribution in [0.3, 0.4) is 0 Å². The Morgan fingerprint density at radius 3 is 2.75 bits per heavy atom. The summed E-state index contributed by atoms with van der Waals surface area (Å²) in [7, 11) is 1.58. The van der Waals surface area contributed by atoms with Crippen molar-refractivity contribution in [3.63, 3.8) is 0 Å². The Morgan fingerprint density at radius 1 is 1.21 bits per heavy atom. The molecule has 0 aliphatic heterocycles. The van der Waals surface area contributed by atoms with E-state index in [9.17, 15) is 4.79 Å². The third kappa shape index (κ3) is 4.53. The van der Waals surface area contributed by atoms with Crippen LogP contribution in [0.4, 0.5) is 5.69 Å². The molecular formula is C20H21N5O3. The fraction of sp³-hybridized carbons (Fsp3) is 0.200. The molecule has 0 saturated heterocycles. The van der Waals surface area contributed by atoms with E-state index in [-0.39, 0.29) is 5.91 Å². The molecule has 3 rings (SSSR count). The standard InChI is InChI=1S/C20H21N5O3/c1-4-28-18-9-5-15(12-19(18)27-3)6-10-20(26)22-16-7-8-17(14(2)11-16)25-13-21-23-24-25/h5-13H,4H2,1-3H3,(H,22,26)/b10-6+. The number of nitrogens with zero attached hydrogens (tertiary/aromatic N) is 4. The smallest absolute Gasteiger partial charge is 0.248 e. The molecule has 0 aliphatic rings. The van der Waals surface area contributed by atoms with E-state index in [1.54, 1.807) is 23.9 Å². The summed E-state index contributed by atoms with van der Waals surface area (Å²) >= 11 is 0. The minimum absolute atomic E-state index is 0.234. The van der Waals surface area contributed by atoms with E-state index < -0.39 is 0 Å². The van der Waals surface area contributed by atoms with Gasteiger partial charge in [0.05, 0.1) is 19.4 Å². The Labute approximate surface area is 162 Å². The van der Waals surface area contributed by atoms with Crippen LogP contribution in [0.15, 0.2) is 48.8 Å². The van der Waals surface area contributed by atoms with Crippen molar-refractivity contribution in [1.82, 2.24) is 20.2 Å². The molecule has 3 aromatic rings. The fourth-order valence-electron chi connectivity index (χ4n) is 2.68. The van der Waals surface area contributed by atoms with Crippen LogP contribution in [0.25, 0.3) is 11.8 Å². The highest BCUT2D eigenvalue weighted by molar-refractivity contribution is 6.02. The van der Waals surface area contributed by atoms with Gasteiger partial charge < -0.3 is 14.8 Å². The van der Waals surface area contributed by atoms with Crippen LogP contribution in [0.1, 0.15) is 18.1 Å². The van der Waals surface area contributed by atoms with Gasteiger partial charge in [0.1, 0.15) is 6.33 Å². The Morgan fingerprint density at radius 2 is 2.07 bits per heavy atom. The van der Waals surface area contributed by atoms with Gasteiger partial charge in [0.25, 0.3) is 0 Å². The Balaban J connectivity index is 1.68. The predicted octanol–water partition coefficient (Wildman–Crippen LogP) is 3.03. The second kappa shape index (κ2) is 8.81. The minimum atomic E-state index is -0.234. The van der Waals surface area contributed by atoms with Gasteiger partial charge >= 0.3 is 0 Å². The number of tetrazole rings is 1. The first kappa shape index (κ1) is 19.1. The lowest BCUT2D eigenvalue weighted by molar-refractivity contribution is -0.111. The van der Waals surface area contributed by atoms with Gasteiger partial charge in [-0.3, -0.25) is 4.79 Å². The zero-order valence-corrected chi connectivity index (χ0v) is 15.9. The lowest BCUT2D eigenvalue weighted by Crippen LogP contribution is -2.08. The first-order valence-electron chi connectivity index (χ1n) is 8.74. The molecule has 0 aliphatic carbocycles. The second-order valence-electron chi connectivity index (χ2n) is 5.92. The predicted molar refractivity (Wildman–Crippen MR) is 106 cm³/mol. The van der Waals surface area contributed by atoms with Gasteiger partial charge in [-0.25, -0.2) is 4.68 Å². The number of hydrogen-bond donors (Lipinski definition) is 1. The number of aromatic nitrogens is 4. The highest BCUT2D eigenvalue weighted by Crippen LogP contribution is 2.28. The number of anilines is 1. The topological polar surface area (TPSA) is 91.2 Å². The van der Waals surface area contributed by atoms with Crippen LogP contribution in [-0.4, -0.2) is 39.8 Å². The molecule has 28 heavy (non-hydrogen) atoms. The van der Waals surface area contributed by atoms with Crippen molar-refractivity contribution in [3.05, 3.63) is 59.9 Å². The lowest BCUT2D eigenvalue weighted by Gasteiger charge is -2.09. The normalized spacial score (nSPS) is 10.8. The molecule has 0 radical (unpaired) electrons. The van der Waals surface area contributed by atoms with Crippen molar-refractivity contribution in [2.75, 3.05) is 19.0 Å². The van der Waals surface area contributed by atoms with Gasteiger partial charge in [-0.15, -0.1) is 5.10 Å². The average molecular weight is 379 g/mol. The van der Waals surface area contributed by atoms with Crippen molar-refractivity contribution >= 4 is 17.7 Å². The zero-order valence-electron chi connectivity index (χ0n) is 15.9. The molecule has 1 amide bonds. The maximum atomic E-state index is 12.2. The van der Waals surface area contributed by atoms with Crippen molar-refractivity contribution in [2.24, 2.45) is 0 Å². The zero-order chi connectivity index (χ0) is 19.9. The molecule has 1 aromatic heterocycles. The number of rotatable bonds is 7. The third-order valence-electron chi connectivity index (χ3n) is 3.97. The van der Waals surface area contributed by atoms with E-state index in [1.807, 2.05) is 44.2 Å². The summed E-state index contributed by atoms with van der Waals surface area (Å²) in [5, 5.41) is 14.0. The van der Waals surface area contributed by atoms with E-state index in [4.69, 9.17) is 9.47 Å². The third-order valence-corrected chi connectivity index (χ3v) is 3.97. The summed E-state index contributed by atoms with van der Waals surface area (Å²) < 4.78 is 12.4. The first-order valence-corrected chi connectivity index (χ1v) is 8.74. The molecule has 0 bridgehead atoms. The minimum Gasteiger partial charge on any atom is -0.493 e. The summed E-state index contributed by atoms with van der Waals surface area (Å²) in [6.45, 7) is 4.39. The Hall–Kier alpha value is -3.68. The van der Waals surface area contributed by atoms with Crippen LogP contribution >= 0.6 is 0 Å². The number of methoxy groups -OCH3 is 1. The lowest BCUT2D eigenvalue weighted by atomic mass is 10.1. The van der Waals surface area contributed by atoms with Crippen LogP contribution in [-0.2, 0) is 4.79 Å². The van der Waals surface area contributed by atoms with Gasteiger partial charge in [-0.1, -0.05) is 6.07 Å². The van der Waals surface area contributed by atoms with E-state index in [1.165, 1.54) is 12.4 Å². The molecule has 2 aromatic carbocycles. The maximum Gasteiger partial charge on any atom is 0.248 e. The summed E-state index contributed by atoms with van der Waals surface area (Å²) in [5.74, 6) is 1.06. The number of nitrogens with one attached hydrogen (secondary N) is 1. The molecule has 144 valence electrons. The number of amides is 1. The van der Waals surface area contributed by atoms with E-state index in [0.717, 1.165) is 16.8 Å². The molecule has 1 heterocycles. The van der Waals surface area contributed by atoms with Gasteiger partial charge in [0.15, 0.2) is 11.5 Å². The largest absolute Gasteiger partial charge is 0.493 e. The van der Waals surface area contributed by atoms with Crippen LogP contribution in [0.5, 0.6) is 11.5 Å². The molecule has 0 spiro atoms. The van der Waals surface area contributed by atoms with Crippen LogP contribution in [0.2, 0.25) is 0 Å². The molecule has 0 unspecified atom stereocenters. The SMILES string of the molecule is CCOc1ccc(/C=C/C(=O)Nc2ccc(-n3cnnn3)c(C)c2)cc1OC. The van der Waals surface area contributed by atoms with Crippen molar-refractivity contribution < 1.29 is 14.3 Å². The summed E-state index contributed by atoms with van der Waals surface area (Å²) in [6, 6.07) is 11.0. The van der Waals surface area contributed by atoms with Gasteiger partial charge in [-0.2, -0.15) is 0 Å². The summed E-state index contributed by atoms with van der Waals surface area (Å²) in [4.78, 5) is 12.2.